The van der Waals surface area contributed by atoms with Crippen LogP contribution in [0.3, 0.4) is 0 Å². The number of rotatable bonds is 7. The highest BCUT2D eigenvalue weighted by molar-refractivity contribution is 5.98. The van der Waals surface area contributed by atoms with E-state index in [4.69, 9.17) is 10.5 Å². The third-order valence-corrected chi connectivity index (χ3v) is 3.42. The summed E-state index contributed by atoms with van der Waals surface area (Å²) in [6.07, 6.45) is 1.20. The molecule has 4 nitrogen and oxygen atoms in total. The van der Waals surface area contributed by atoms with Crippen molar-refractivity contribution in [3.8, 4) is 5.75 Å². The van der Waals surface area contributed by atoms with E-state index >= 15 is 0 Å². The number of hydrogen-bond acceptors (Lipinski definition) is 3. The molecule has 0 saturated carbocycles. The minimum Gasteiger partial charge on any atom is -0.491 e. The number of hydrogen-bond donors (Lipinski definition) is 2. The maximum Gasteiger partial charge on any atom is 0.244 e. The number of carbonyl (C=O) groups excluding carboxylic acids is 1. The van der Waals surface area contributed by atoms with Gasteiger partial charge in [-0.2, -0.15) is 0 Å². The monoisotopic (exact) mass is 278 g/mol. The highest BCUT2D eigenvalue weighted by Crippen LogP contribution is 2.26. The number of ether oxygens (including phenoxy) is 1. The van der Waals surface area contributed by atoms with Crippen LogP contribution in [0, 0.1) is 5.92 Å². The quantitative estimate of drug-likeness (QED) is 0.805. The summed E-state index contributed by atoms with van der Waals surface area (Å²) in [5, 5.41) is 2.89. The van der Waals surface area contributed by atoms with Gasteiger partial charge < -0.3 is 15.8 Å². The minimum atomic E-state index is -0.828. The second-order valence-electron chi connectivity index (χ2n) is 5.52. The molecule has 0 bridgehead atoms. The van der Waals surface area contributed by atoms with Gasteiger partial charge in [0.25, 0.3) is 0 Å². The van der Waals surface area contributed by atoms with Crippen LogP contribution in [0.2, 0.25) is 0 Å². The van der Waals surface area contributed by atoms with Crippen LogP contribution in [0.1, 0.15) is 40.5 Å². The summed E-state index contributed by atoms with van der Waals surface area (Å²) in [4.78, 5) is 12.3. The van der Waals surface area contributed by atoms with Crippen molar-refractivity contribution >= 4 is 11.6 Å². The molecule has 0 atom stereocenters. The van der Waals surface area contributed by atoms with Crippen LogP contribution in [0.5, 0.6) is 5.75 Å². The highest BCUT2D eigenvalue weighted by atomic mass is 16.5. The van der Waals surface area contributed by atoms with E-state index in [0.717, 1.165) is 0 Å². The SMILES string of the molecule is CCC(N)(CC)C(=O)Nc1ccccc1OCC(C)C. The maximum atomic E-state index is 12.3. The first-order valence-corrected chi connectivity index (χ1v) is 7.25. The molecule has 20 heavy (non-hydrogen) atoms. The van der Waals surface area contributed by atoms with E-state index in [1.165, 1.54) is 0 Å². The average molecular weight is 278 g/mol. The Bertz CT molecular complexity index is 440. The summed E-state index contributed by atoms with van der Waals surface area (Å²) < 4.78 is 5.72. The van der Waals surface area contributed by atoms with Gasteiger partial charge in [0.2, 0.25) is 5.91 Å². The molecule has 0 aromatic heterocycles. The standard InChI is InChI=1S/C16H26N2O2/c1-5-16(17,6-2)15(19)18-13-9-7-8-10-14(13)20-11-12(3)4/h7-10,12H,5-6,11,17H2,1-4H3,(H,18,19). The molecule has 0 radical (unpaired) electrons. The molecule has 4 heteroatoms. The van der Waals surface area contributed by atoms with Gasteiger partial charge in [0.05, 0.1) is 17.8 Å². The third-order valence-electron chi connectivity index (χ3n) is 3.42. The summed E-state index contributed by atoms with van der Waals surface area (Å²) in [5.74, 6) is 0.950. The van der Waals surface area contributed by atoms with Crippen LogP contribution in [0.4, 0.5) is 5.69 Å². The van der Waals surface area contributed by atoms with Crippen molar-refractivity contribution in [3.63, 3.8) is 0 Å². The summed E-state index contributed by atoms with van der Waals surface area (Å²) in [6, 6.07) is 7.45. The molecular formula is C16H26N2O2. The van der Waals surface area contributed by atoms with E-state index in [0.29, 0.717) is 36.8 Å². The van der Waals surface area contributed by atoms with Gasteiger partial charge in [-0.25, -0.2) is 0 Å². The van der Waals surface area contributed by atoms with Gasteiger partial charge in [0.15, 0.2) is 0 Å². The fourth-order valence-corrected chi connectivity index (χ4v) is 1.77. The molecule has 1 rings (SSSR count). The van der Waals surface area contributed by atoms with Crippen LogP contribution in [0.15, 0.2) is 24.3 Å². The summed E-state index contributed by atoms with van der Waals surface area (Å²) in [7, 11) is 0. The largest absolute Gasteiger partial charge is 0.491 e. The van der Waals surface area contributed by atoms with Crippen molar-refractivity contribution in [2.24, 2.45) is 11.7 Å². The van der Waals surface area contributed by atoms with Gasteiger partial charge in [-0.3, -0.25) is 4.79 Å². The highest BCUT2D eigenvalue weighted by Gasteiger charge is 2.30. The number of nitrogens with one attached hydrogen (secondary N) is 1. The molecule has 1 aromatic rings. The van der Waals surface area contributed by atoms with Crippen LogP contribution in [0.25, 0.3) is 0 Å². The molecule has 0 aliphatic heterocycles. The Kier molecular flexibility index (Phi) is 6.02. The Hall–Kier alpha value is -1.55. The van der Waals surface area contributed by atoms with Crippen molar-refractivity contribution in [1.29, 1.82) is 0 Å². The normalized spacial score (nSPS) is 11.5. The van der Waals surface area contributed by atoms with Gasteiger partial charge in [-0.1, -0.05) is 39.8 Å². The zero-order valence-corrected chi connectivity index (χ0v) is 12.9. The predicted octanol–water partition coefficient (Wildman–Crippen LogP) is 3.18. The topological polar surface area (TPSA) is 64.4 Å². The zero-order valence-electron chi connectivity index (χ0n) is 12.9. The maximum absolute atomic E-state index is 12.3. The first kappa shape index (κ1) is 16.5. The molecule has 0 spiro atoms. The van der Waals surface area contributed by atoms with Crippen LogP contribution < -0.4 is 15.8 Å². The Morgan fingerprint density at radius 1 is 1.30 bits per heavy atom. The Morgan fingerprint density at radius 3 is 2.45 bits per heavy atom. The number of carbonyl (C=O) groups is 1. The Balaban J connectivity index is 2.84. The van der Waals surface area contributed by atoms with Crippen molar-refractivity contribution in [2.75, 3.05) is 11.9 Å². The molecular weight excluding hydrogens is 252 g/mol. The summed E-state index contributed by atoms with van der Waals surface area (Å²) in [5.41, 5.74) is 5.95. The fraction of sp³-hybridized carbons (Fsp3) is 0.562. The first-order valence-electron chi connectivity index (χ1n) is 7.25. The zero-order chi connectivity index (χ0) is 15.2. The van der Waals surface area contributed by atoms with E-state index < -0.39 is 5.54 Å². The molecule has 0 aliphatic carbocycles. The average Bonchev–Trinajstić information content (AvgIpc) is 2.45. The van der Waals surface area contributed by atoms with E-state index in [9.17, 15) is 4.79 Å². The van der Waals surface area contributed by atoms with E-state index in [1.54, 1.807) is 0 Å². The molecule has 0 saturated heterocycles. The Morgan fingerprint density at radius 2 is 1.90 bits per heavy atom. The Labute approximate surface area is 121 Å². The van der Waals surface area contributed by atoms with Crippen molar-refractivity contribution < 1.29 is 9.53 Å². The number of nitrogens with two attached hydrogens (primary N) is 1. The second-order valence-corrected chi connectivity index (χ2v) is 5.52. The molecule has 0 aliphatic rings. The number of benzene rings is 1. The van der Waals surface area contributed by atoms with Gasteiger partial charge in [-0.05, 0) is 30.9 Å². The number of anilines is 1. The van der Waals surface area contributed by atoms with E-state index in [1.807, 2.05) is 38.1 Å². The fourth-order valence-electron chi connectivity index (χ4n) is 1.77. The lowest BCUT2D eigenvalue weighted by atomic mass is 9.93. The molecule has 0 unspecified atom stereocenters. The van der Waals surface area contributed by atoms with Crippen molar-refractivity contribution in [2.45, 2.75) is 46.1 Å². The lowest BCUT2D eigenvalue weighted by Gasteiger charge is -2.25. The predicted molar refractivity (Wildman–Crippen MR) is 82.9 cm³/mol. The molecule has 112 valence electrons. The van der Waals surface area contributed by atoms with E-state index in [2.05, 4.69) is 19.2 Å². The lowest BCUT2D eigenvalue weighted by molar-refractivity contribution is -0.121. The number of para-hydroxylation sites is 2. The van der Waals surface area contributed by atoms with Gasteiger partial charge in [-0.15, -0.1) is 0 Å². The van der Waals surface area contributed by atoms with Gasteiger partial charge >= 0.3 is 0 Å². The molecule has 3 N–H and O–H groups in total. The van der Waals surface area contributed by atoms with Crippen molar-refractivity contribution in [3.05, 3.63) is 24.3 Å². The molecule has 1 aromatic carbocycles. The second kappa shape index (κ2) is 7.29. The van der Waals surface area contributed by atoms with Crippen LogP contribution >= 0.6 is 0 Å². The molecule has 0 fully saturated rings. The lowest BCUT2D eigenvalue weighted by Crippen LogP contribution is -2.50. The van der Waals surface area contributed by atoms with E-state index in [-0.39, 0.29) is 5.91 Å². The van der Waals surface area contributed by atoms with Gasteiger partial charge in [0.1, 0.15) is 5.75 Å². The summed E-state index contributed by atoms with van der Waals surface area (Å²) >= 11 is 0. The summed E-state index contributed by atoms with van der Waals surface area (Å²) in [6.45, 7) is 8.62. The third kappa shape index (κ3) is 4.23. The molecule has 0 heterocycles. The van der Waals surface area contributed by atoms with Crippen LogP contribution in [-0.4, -0.2) is 18.1 Å². The smallest absolute Gasteiger partial charge is 0.244 e. The van der Waals surface area contributed by atoms with Crippen molar-refractivity contribution in [1.82, 2.24) is 0 Å². The molecule has 1 amide bonds. The number of amides is 1. The first-order chi connectivity index (χ1) is 9.42. The van der Waals surface area contributed by atoms with Gasteiger partial charge in [0, 0.05) is 0 Å². The minimum absolute atomic E-state index is 0.164. The van der Waals surface area contributed by atoms with Crippen LogP contribution in [-0.2, 0) is 4.79 Å².